The summed E-state index contributed by atoms with van der Waals surface area (Å²) in [5.74, 6) is 0.533. The zero-order chi connectivity index (χ0) is 17.3. The van der Waals surface area contributed by atoms with Crippen molar-refractivity contribution >= 4 is 38.9 Å². The fourth-order valence-electron chi connectivity index (χ4n) is 2.19. The van der Waals surface area contributed by atoms with Crippen molar-refractivity contribution in [1.82, 2.24) is 14.8 Å². The molecule has 24 heavy (non-hydrogen) atoms. The Morgan fingerprint density at radius 3 is 2.54 bits per heavy atom. The predicted molar refractivity (Wildman–Crippen MR) is 93.7 cm³/mol. The topological polar surface area (TPSA) is 76.9 Å². The molecule has 1 N–H and O–H groups in total. The van der Waals surface area contributed by atoms with E-state index in [-0.39, 0.29) is 14.9 Å². The van der Waals surface area contributed by atoms with Crippen LogP contribution < -0.4 is 4.72 Å². The second-order valence-electron chi connectivity index (χ2n) is 4.97. The average molecular weight is 383 g/mol. The minimum atomic E-state index is -3.92. The third-order valence-corrected chi connectivity index (χ3v) is 5.67. The van der Waals surface area contributed by atoms with Crippen molar-refractivity contribution in [2.24, 2.45) is 7.05 Å². The number of para-hydroxylation sites is 1. The second kappa shape index (κ2) is 6.43. The number of hydrogen-bond donors (Lipinski definition) is 1. The fourth-order valence-corrected chi connectivity index (χ4v) is 4.03. The molecule has 0 aliphatic carbocycles. The van der Waals surface area contributed by atoms with E-state index in [1.165, 1.54) is 24.5 Å². The van der Waals surface area contributed by atoms with Crippen LogP contribution in [-0.2, 0) is 17.1 Å². The highest BCUT2D eigenvalue weighted by molar-refractivity contribution is 7.92. The summed E-state index contributed by atoms with van der Waals surface area (Å²) in [5.41, 5.74) is 0.962. The van der Waals surface area contributed by atoms with Gasteiger partial charge in [0, 0.05) is 12.6 Å². The summed E-state index contributed by atoms with van der Waals surface area (Å²) in [7, 11) is -2.14. The predicted octanol–water partition coefficient (Wildman–Crippen LogP) is 3.59. The van der Waals surface area contributed by atoms with Gasteiger partial charge in [-0.1, -0.05) is 41.4 Å². The van der Waals surface area contributed by atoms with E-state index in [1.54, 1.807) is 35.9 Å². The van der Waals surface area contributed by atoms with Crippen LogP contribution in [-0.4, -0.2) is 23.2 Å². The lowest BCUT2D eigenvalue weighted by molar-refractivity contribution is 0.601. The largest absolute Gasteiger partial charge is 0.317 e. The Balaban J connectivity index is 2.06. The summed E-state index contributed by atoms with van der Waals surface area (Å²) in [6.07, 6.45) is 1.54. The molecule has 0 saturated carbocycles. The van der Waals surface area contributed by atoms with Gasteiger partial charge in [-0.25, -0.2) is 8.42 Å². The van der Waals surface area contributed by atoms with Crippen molar-refractivity contribution < 1.29 is 8.42 Å². The summed E-state index contributed by atoms with van der Waals surface area (Å²) in [4.78, 5) is -0.0931. The van der Waals surface area contributed by atoms with Crippen molar-refractivity contribution in [2.75, 3.05) is 4.72 Å². The molecular weight excluding hydrogens is 371 g/mol. The first-order chi connectivity index (χ1) is 11.4. The molecule has 0 atom stereocenters. The smallest absolute Gasteiger partial charge is 0.263 e. The number of benzene rings is 2. The molecule has 9 heteroatoms. The highest BCUT2D eigenvalue weighted by Crippen LogP contribution is 2.32. The number of anilines is 1. The lowest BCUT2D eigenvalue weighted by atomic mass is 10.2. The van der Waals surface area contributed by atoms with E-state index in [2.05, 4.69) is 14.9 Å². The zero-order valence-electron chi connectivity index (χ0n) is 12.4. The van der Waals surface area contributed by atoms with Gasteiger partial charge in [-0.15, -0.1) is 10.2 Å². The van der Waals surface area contributed by atoms with Crippen molar-refractivity contribution in [3.8, 4) is 11.4 Å². The van der Waals surface area contributed by atoms with Gasteiger partial charge in [0.1, 0.15) is 11.2 Å². The van der Waals surface area contributed by atoms with Crippen LogP contribution in [0.2, 0.25) is 10.0 Å². The van der Waals surface area contributed by atoms with Crippen molar-refractivity contribution in [3.05, 3.63) is 58.8 Å². The van der Waals surface area contributed by atoms with E-state index in [1.807, 2.05) is 0 Å². The first kappa shape index (κ1) is 16.8. The lowest BCUT2D eigenvalue weighted by Crippen LogP contribution is -2.14. The Labute approximate surface area is 149 Å². The van der Waals surface area contributed by atoms with Gasteiger partial charge in [0.05, 0.1) is 15.7 Å². The molecular formula is C15H12Cl2N4O2S. The Hall–Kier alpha value is -2.09. The summed E-state index contributed by atoms with van der Waals surface area (Å²) in [5, 5.41) is 7.97. The molecule has 3 rings (SSSR count). The minimum absolute atomic E-state index is 0.0252. The SMILES string of the molecule is Cn1cnnc1-c1ccccc1NS(=O)(=O)c1cccc(Cl)c1Cl. The molecule has 0 fully saturated rings. The molecule has 0 bridgehead atoms. The lowest BCUT2D eigenvalue weighted by Gasteiger charge is -2.13. The molecule has 3 aromatic rings. The van der Waals surface area contributed by atoms with Crippen LogP contribution in [0.3, 0.4) is 0 Å². The van der Waals surface area contributed by atoms with Gasteiger partial charge in [-0.05, 0) is 24.3 Å². The van der Waals surface area contributed by atoms with Crippen LogP contribution in [0.15, 0.2) is 53.7 Å². The van der Waals surface area contributed by atoms with E-state index >= 15 is 0 Å². The Morgan fingerprint density at radius 2 is 1.83 bits per heavy atom. The van der Waals surface area contributed by atoms with Gasteiger partial charge in [0.2, 0.25) is 0 Å². The molecule has 1 aromatic heterocycles. The van der Waals surface area contributed by atoms with E-state index in [9.17, 15) is 8.42 Å². The standard InChI is InChI=1S/C15H12Cl2N4O2S/c1-21-9-18-19-15(21)10-5-2-3-7-12(10)20-24(22,23)13-8-4-6-11(16)14(13)17/h2-9,20H,1H3. The van der Waals surface area contributed by atoms with Gasteiger partial charge in [-0.3, -0.25) is 4.72 Å². The molecule has 0 saturated heterocycles. The zero-order valence-corrected chi connectivity index (χ0v) is 14.8. The number of rotatable bonds is 4. The molecule has 6 nitrogen and oxygen atoms in total. The fraction of sp³-hybridized carbons (Fsp3) is 0.0667. The Kier molecular flexibility index (Phi) is 4.49. The molecule has 1 heterocycles. The highest BCUT2D eigenvalue weighted by Gasteiger charge is 2.21. The molecule has 0 aliphatic rings. The second-order valence-corrected chi connectivity index (χ2v) is 7.40. The summed E-state index contributed by atoms with van der Waals surface area (Å²) >= 11 is 11.9. The third-order valence-electron chi connectivity index (χ3n) is 3.33. The van der Waals surface area contributed by atoms with Gasteiger partial charge in [-0.2, -0.15) is 0 Å². The Bertz CT molecular complexity index is 1000. The monoisotopic (exact) mass is 382 g/mol. The number of halogens is 2. The van der Waals surface area contributed by atoms with Crippen LogP contribution in [0.4, 0.5) is 5.69 Å². The maximum atomic E-state index is 12.7. The maximum absolute atomic E-state index is 12.7. The van der Waals surface area contributed by atoms with Gasteiger partial charge < -0.3 is 4.57 Å². The first-order valence-electron chi connectivity index (χ1n) is 6.80. The van der Waals surface area contributed by atoms with Crippen molar-refractivity contribution in [3.63, 3.8) is 0 Å². The van der Waals surface area contributed by atoms with Crippen LogP contribution in [0.25, 0.3) is 11.4 Å². The average Bonchev–Trinajstić information content (AvgIpc) is 2.96. The van der Waals surface area contributed by atoms with E-state index < -0.39 is 10.0 Å². The van der Waals surface area contributed by atoms with Crippen molar-refractivity contribution in [1.29, 1.82) is 0 Å². The number of aryl methyl sites for hydroxylation is 1. The summed E-state index contributed by atoms with van der Waals surface area (Å²) in [6, 6.07) is 11.3. The molecule has 2 aromatic carbocycles. The molecule has 0 amide bonds. The molecule has 124 valence electrons. The van der Waals surface area contributed by atoms with Gasteiger partial charge in [0.25, 0.3) is 10.0 Å². The molecule has 0 aliphatic heterocycles. The molecule has 0 spiro atoms. The van der Waals surface area contributed by atoms with Crippen LogP contribution in [0.5, 0.6) is 0 Å². The quantitative estimate of drug-likeness (QED) is 0.747. The molecule has 0 radical (unpaired) electrons. The number of aromatic nitrogens is 3. The van der Waals surface area contributed by atoms with Crippen molar-refractivity contribution in [2.45, 2.75) is 4.90 Å². The highest BCUT2D eigenvalue weighted by atomic mass is 35.5. The number of nitrogens with one attached hydrogen (secondary N) is 1. The summed E-state index contributed by atoms with van der Waals surface area (Å²) < 4.78 is 29.6. The Morgan fingerprint density at radius 1 is 1.08 bits per heavy atom. The van der Waals surface area contributed by atoms with E-state index in [4.69, 9.17) is 23.2 Å². The third kappa shape index (κ3) is 3.10. The number of sulfonamides is 1. The minimum Gasteiger partial charge on any atom is -0.317 e. The van der Waals surface area contributed by atoms with E-state index in [0.29, 0.717) is 17.1 Å². The van der Waals surface area contributed by atoms with Gasteiger partial charge >= 0.3 is 0 Å². The molecule has 0 unspecified atom stereocenters. The first-order valence-corrected chi connectivity index (χ1v) is 9.04. The van der Waals surface area contributed by atoms with Crippen LogP contribution in [0, 0.1) is 0 Å². The normalized spacial score (nSPS) is 11.5. The maximum Gasteiger partial charge on any atom is 0.263 e. The van der Waals surface area contributed by atoms with Crippen LogP contribution in [0.1, 0.15) is 0 Å². The van der Waals surface area contributed by atoms with Crippen LogP contribution >= 0.6 is 23.2 Å². The number of hydrogen-bond acceptors (Lipinski definition) is 4. The van der Waals surface area contributed by atoms with E-state index in [0.717, 1.165) is 0 Å². The van der Waals surface area contributed by atoms with Gasteiger partial charge in [0.15, 0.2) is 5.82 Å². The summed E-state index contributed by atoms with van der Waals surface area (Å²) in [6.45, 7) is 0. The number of nitrogens with zero attached hydrogens (tertiary/aromatic N) is 3.